The third-order valence-electron chi connectivity index (χ3n) is 5.47. The quantitative estimate of drug-likeness (QED) is 0.182. The van der Waals surface area contributed by atoms with Crippen molar-refractivity contribution in [3.63, 3.8) is 0 Å². The highest BCUT2D eigenvalue weighted by Gasteiger charge is 2.10. The maximum Gasteiger partial charge on any atom is 0.185 e. The number of guanidine groups is 1. The normalized spacial score (nSPS) is 10.3. The first kappa shape index (κ1) is 25.9. The second-order valence-electron chi connectivity index (χ2n) is 8.16. The molecule has 0 saturated heterocycles. The number of nitrogens with zero attached hydrogens (tertiary/aromatic N) is 1. The maximum absolute atomic E-state index is 12.7. The minimum absolute atomic E-state index is 0.109. The first-order valence-electron chi connectivity index (χ1n) is 11.5. The monoisotopic (exact) mass is 486 g/mol. The van der Waals surface area contributed by atoms with E-state index >= 15 is 0 Å². The molecule has 0 amide bonds. The van der Waals surface area contributed by atoms with Gasteiger partial charge in [-0.15, -0.1) is 0 Å². The number of halogens is 1. The van der Waals surface area contributed by atoms with E-state index in [-0.39, 0.29) is 11.7 Å². The highest BCUT2D eigenvalue weighted by atomic mass is 35.5. The van der Waals surface area contributed by atoms with Crippen LogP contribution < -0.4 is 16.8 Å². The van der Waals surface area contributed by atoms with E-state index in [0.717, 1.165) is 45.5 Å². The number of carbonyl (C=O) groups excluding carboxylic acids is 1. The van der Waals surface area contributed by atoms with Crippen LogP contribution in [-0.2, 0) is 19.4 Å². The summed E-state index contributed by atoms with van der Waals surface area (Å²) in [5.41, 5.74) is 14.8. The van der Waals surface area contributed by atoms with Gasteiger partial charge in [0.05, 0.1) is 0 Å². The summed E-state index contributed by atoms with van der Waals surface area (Å²) in [6, 6.07) is 29.7. The second kappa shape index (κ2) is 13.3. The van der Waals surface area contributed by atoms with Crippen LogP contribution >= 0.6 is 11.6 Å². The molecule has 0 aromatic heterocycles. The molecule has 4 aromatic rings. The Labute approximate surface area is 211 Å². The molecule has 4 rings (SSSR count). The third-order valence-corrected chi connectivity index (χ3v) is 5.72. The van der Waals surface area contributed by atoms with E-state index in [1.807, 2.05) is 98.0 Å². The highest BCUT2D eigenvalue weighted by Crippen LogP contribution is 2.20. The lowest BCUT2D eigenvalue weighted by atomic mass is 9.97. The van der Waals surface area contributed by atoms with Crippen LogP contribution in [-0.4, -0.2) is 25.3 Å². The Bertz CT molecular complexity index is 1260. The number of hydrogen-bond donors (Lipinski definition) is 3. The fourth-order valence-corrected chi connectivity index (χ4v) is 3.82. The minimum Gasteiger partial charge on any atom is -0.370 e. The summed E-state index contributed by atoms with van der Waals surface area (Å²) in [6.45, 7) is 1.47. The zero-order valence-electron chi connectivity index (χ0n) is 19.9. The van der Waals surface area contributed by atoms with E-state index in [2.05, 4.69) is 10.3 Å². The van der Waals surface area contributed by atoms with Crippen molar-refractivity contribution in [2.45, 2.75) is 19.4 Å². The lowest BCUT2D eigenvalue weighted by Gasteiger charge is -2.07. The standard InChI is InChI=1S/C21H21N3O.C8H10ClN/c22-21(23)24-13-12-15-8-10-16(11-9-15)14-20(25)19-7-3-5-17-4-1-2-6-18(17)19;1-10-6-7-2-4-8(9)5-3-7/h1-11H,12-14H2,(H4,22,23,24);2-5,10H,6H2,1H3. The van der Waals surface area contributed by atoms with Crippen LogP contribution in [0.1, 0.15) is 27.0 Å². The van der Waals surface area contributed by atoms with Crippen molar-refractivity contribution in [2.75, 3.05) is 13.6 Å². The van der Waals surface area contributed by atoms with Crippen LogP contribution in [0.25, 0.3) is 10.8 Å². The van der Waals surface area contributed by atoms with Gasteiger partial charge in [0.15, 0.2) is 11.7 Å². The number of Topliss-reactive ketones (excluding diaryl/α,β-unsaturated/α-hetero) is 1. The molecule has 0 radical (unpaired) electrons. The summed E-state index contributed by atoms with van der Waals surface area (Å²) in [5, 5.41) is 5.94. The van der Waals surface area contributed by atoms with Crippen molar-refractivity contribution in [3.8, 4) is 0 Å². The predicted octanol–water partition coefficient (Wildman–Crippen LogP) is 5.14. The van der Waals surface area contributed by atoms with Crippen molar-refractivity contribution in [3.05, 3.63) is 118 Å². The first-order valence-corrected chi connectivity index (χ1v) is 11.9. The van der Waals surface area contributed by atoms with Gasteiger partial charge in [0.25, 0.3) is 0 Å². The van der Waals surface area contributed by atoms with Crippen LogP contribution in [0.5, 0.6) is 0 Å². The number of nitrogens with two attached hydrogens (primary N) is 2. The number of fused-ring (bicyclic) bond motifs is 1. The van der Waals surface area contributed by atoms with Gasteiger partial charge in [0.2, 0.25) is 0 Å². The van der Waals surface area contributed by atoms with Crippen molar-refractivity contribution >= 4 is 34.1 Å². The molecule has 0 aliphatic carbocycles. The average molecular weight is 487 g/mol. The number of ketones is 1. The Morgan fingerprint density at radius 3 is 2.14 bits per heavy atom. The molecular formula is C29H31ClN4O. The zero-order valence-corrected chi connectivity index (χ0v) is 20.6. The summed E-state index contributed by atoms with van der Waals surface area (Å²) in [7, 11) is 1.93. The van der Waals surface area contributed by atoms with Gasteiger partial charge in [-0.3, -0.25) is 9.79 Å². The maximum atomic E-state index is 12.7. The topological polar surface area (TPSA) is 93.5 Å². The molecule has 5 nitrogen and oxygen atoms in total. The molecule has 4 aromatic carbocycles. The van der Waals surface area contributed by atoms with Crippen LogP contribution in [0.3, 0.4) is 0 Å². The Balaban J connectivity index is 0.000000287. The first-order chi connectivity index (χ1) is 17.0. The Hall–Kier alpha value is -3.67. The SMILES string of the molecule is CNCc1ccc(Cl)cc1.NC(N)=NCCc1ccc(CC(=O)c2cccc3ccccc23)cc1. The summed E-state index contributed by atoms with van der Waals surface area (Å²) in [4.78, 5) is 16.7. The fraction of sp³-hybridized carbons (Fsp3) is 0.172. The number of nitrogens with one attached hydrogen (secondary N) is 1. The van der Waals surface area contributed by atoms with Gasteiger partial charge in [-0.05, 0) is 53.1 Å². The van der Waals surface area contributed by atoms with E-state index in [9.17, 15) is 4.79 Å². The smallest absolute Gasteiger partial charge is 0.185 e. The molecule has 0 aliphatic heterocycles. The van der Waals surface area contributed by atoms with E-state index in [0.29, 0.717) is 13.0 Å². The number of rotatable bonds is 8. The second-order valence-corrected chi connectivity index (χ2v) is 8.59. The molecule has 0 saturated carbocycles. The van der Waals surface area contributed by atoms with Crippen molar-refractivity contribution < 1.29 is 4.79 Å². The lowest BCUT2D eigenvalue weighted by Crippen LogP contribution is -2.23. The Kier molecular flexibility index (Phi) is 9.84. The Morgan fingerprint density at radius 2 is 1.46 bits per heavy atom. The van der Waals surface area contributed by atoms with Gasteiger partial charge in [0, 0.05) is 30.1 Å². The van der Waals surface area contributed by atoms with Crippen LogP contribution in [0, 0.1) is 0 Å². The molecular weight excluding hydrogens is 456 g/mol. The van der Waals surface area contributed by atoms with Gasteiger partial charge < -0.3 is 16.8 Å². The molecule has 6 heteroatoms. The molecule has 180 valence electrons. The number of hydrogen-bond acceptors (Lipinski definition) is 3. The van der Waals surface area contributed by atoms with E-state index in [1.165, 1.54) is 5.56 Å². The zero-order chi connectivity index (χ0) is 25.0. The molecule has 0 bridgehead atoms. The van der Waals surface area contributed by atoms with Crippen molar-refractivity contribution in [1.82, 2.24) is 5.32 Å². The minimum atomic E-state index is 0.109. The number of benzene rings is 4. The van der Waals surface area contributed by atoms with Crippen LogP contribution in [0.15, 0.2) is 96.0 Å². The third kappa shape index (κ3) is 8.25. The molecule has 0 aliphatic rings. The van der Waals surface area contributed by atoms with Crippen molar-refractivity contribution in [1.29, 1.82) is 0 Å². The fourth-order valence-electron chi connectivity index (χ4n) is 3.69. The number of aliphatic imine (C=N–C) groups is 1. The molecule has 0 atom stereocenters. The van der Waals surface area contributed by atoms with Gasteiger partial charge in [-0.1, -0.05) is 90.5 Å². The predicted molar refractivity (Wildman–Crippen MR) is 147 cm³/mol. The summed E-state index contributed by atoms with van der Waals surface area (Å²) in [6.07, 6.45) is 1.16. The van der Waals surface area contributed by atoms with E-state index in [1.54, 1.807) is 0 Å². The van der Waals surface area contributed by atoms with Crippen LogP contribution in [0.2, 0.25) is 5.02 Å². The molecule has 0 spiro atoms. The van der Waals surface area contributed by atoms with Gasteiger partial charge in [0.1, 0.15) is 0 Å². The molecule has 0 heterocycles. The number of carbonyl (C=O) groups is 1. The highest BCUT2D eigenvalue weighted by molar-refractivity contribution is 6.30. The summed E-state index contributed by atoms with van der Waals surface area (Å²) in [5.74, 6) is 0.238. The van der Waals surface area contributed by atoms with Crippen LogP contribution in [0.4, 0.5) is 0 Å². The molecule has 0 fully saturated rings. The largest absolute Gasteiger partial charge is 0.370 e. The van der Waals surface area contributed by atoms with Gasteiger partial charge in [-0.2, -0.15) is 0 Å². The molecule has 0 unspecified atom stereocenters. The van der Waals surface area contributed by atoms with Gasteiger partial charge in [-0.25, -0.2) is 0 Å². The summed E-state index contributed by atoms with van der Waals surface area (Å²) < 4.78 is 0. The lowest BCUT2D eigenvalue weighted by molar-refractivity contribution is 0.0994. The Morgan fingerprint density at radius 1 is 0.829 bits per heavy atom. The van der Waals surface area contributed by atoms with E-state index < -0.39 is 0 Å². The van der Waals surface area contributed by atoms with Gasteiger partial charge >= 0.3 is 0 Å². The van der Waals surface area contributed by atoms with E-state index in [4.69, 9.17) is 23.1 Å². The summed E-state index contributed by atoms with van der Waals surface area (Å²) >= 11 is 5.69. The molecule has 35 heavy (non-hydrogen) atoms. The average Bonchev–Trinajstić information content (AvgIpc) is 2.86. The molecule has 5 N–H and O–H groups in total. The van der Waals surface area contributed by atoms with Crippen molar-refractivity contribution in [2.24, 2.45) is 16.5 Å².